The van der Waals surface area contributed by atoms with E-state index in [1.54, 1.807) is 4.68 Å². The number of hydrogen-bond donors (Lipinski definition) is 0. The van der Waals surface area contributed by atoms with Gasteiger partial charge in [-0.05, 0) is 37.1 Å². The second-order valence-corrected chi connectivity index (χ2v) is 7.48. The summed E-state index contributed by atoms with van der Waals surface area (Å²) in [6.45, 7) is 6.61. The van der Waals surface area contributed by atoms with Crippen LogP contribution in [0.2, 0.25) is 0 Å². The number of rotatable bonds is 3. The molecule has 5 nitrogen and oxygen atoms in total. The van der Waals surface area contributed by atoms with Gasteiger partial charge in [0.05, 0.1) is 5.69 Å². The maximum atomic E-state index is 13.1. The highest BCUT2D eigenvalue weighted by Gasteiger charge is 2.30. The minimum absolute atomic E-state index is 0.00900. The molecule has 4 rings (SSSR count). The topological polar surface area (TPSA) is 41.4 Å². The summed E-state index contributed by atoms with van der Waals surface area (Å²) in [5, 5.41) is 4.50. The maximum absolute atomic E-state index is 13.1. The van der Waals surface area contributed by atoms with E-state index in [1.807, 2.05) is 48.3 Å². The highest BCUT2D eigenvalue weighted by atomic mass is 16.2. The van der Waals surface area contributed by atoms with Gasteiger partial charge in [-0.15, -0.1) is 0 Å². The van der Waals surface area contributed by atoms with E-state index in [4.69, 9.17) is 0 Å². The lowest BCUT2D eigenvalue weighted by atomic mass is 10.1. The molecule has 0 radical (unpaired) electrons. The largest absolute Gasteiger partial charge is 0.367 e. The summed E-state index contributed by atoms with van der Waals surface area (Å²) in [6.07, 6.45) is 0. The fourth-order valence-corrected chi connectivity index (χ4v) is 3.99. The number of aryl methyl sites for hydroxylation is 2. The number of aromatic nitrogens is 2. The standard InChI is InChI=1S/C23H26N4O/c1-17-9-7-8-12-21(17)26-13-14-27(18(2)16-26)23(28)20-15-22(25(3)24-20)19-10-5-4-6-11-19/h4-12,15,18H,13-14,16H2,1-3H3. The molecule has 1 saturated heterocycles. The second-order valence-electron chi connectivity index (χ2n) is 7.48. The van der Waals surface area contributed by atoms with Gasteiger partial charge in [-0.25, -0.2) is 0 Å². The first-order valence-electron chi connectivity index (χ1n) is 9.75. The highest BCUT2D eigenvalue weighted by Crippen LogP contribution is 2.25. The summed E-state index contributed by atoms with van der Waals surface area (Å²) in [4.78, 5) is 17.5. The summed E-state index contributed by atoms with van der Waals surface area (Å²) in [6, 6.07) is 20.5. The van der Waals surface area contributed by atoms with Crippen LogP contribution in [0.3, 0.4) is 0 Å². The van der Waals surface area contributed by atoms with E-state index >= 15 is 0 Å². The Kier molecular flexibility index (Phi) is 4.90. The number of benzene rings is 2. The zero-order chi connectivity index (χ0) is 19.7. The Hall–Kier alpha value is -3.08. The molecule has 1 aliphatic rings. The Labute approximate surface area is 166 Å². The SMILES string of the molecule is Cc1ccccc1N1CCN(C(=O)c2cc(-c3ccccc3)n(C)n2)C(C)C1. The molecule has 0 bridgehead atoms. The number of carbonyl (C=O) groups excluding carboxylic acids is 1. The van der Waals surface area contributed by atoms with Crippen LogP contribution >= 0.6 is 0 Å². The first kappa shape index (κ1) is 18.3. The molecule has 2 aromatic carbocycles. The van der Waals surface area contributed by atoms with Crippen LogP contribution in [0.5, 0.6) is 0 Å². The Bertz CT molecular complexity index is 979. The van der Waals surface area contributed by atoms with Crippen molar-refractivity contribution >= 4 is 11.6 Å². The Balaban J connectivity index is 1.51. The first-order valence-corrected chi connectivity index (χ1v) is 9.75. The Morgan fingerprint density at radius 2 is 1.75 bits per heavy atom. The minimum Gasteiger partial charge on any atom is -0.367 e. The molecular formula is C23H26N4O. The number of anilines is 1. The molecule has 0 N–H and O–H groups in total. The van der Waals surface area contributed by atoms with E-state index in [9.17, 15) is 4.79 Å². The quantitative estimate of drug-likeness (QED) is 0.701. The van der Waals surface area contributed by atoms with Crippen LogP contribution in [0.15, 0.2) is 60.7 Å². The summed E-state index contributed by atoms with van der Waals surface area (Å²) < 4.78 is 1.79. The van der Waals surface area contributed by atoms with Gasteiger partial charge in [0.15, 0.2) is 5.69 Å². The predicted octanol–water partition coefficient (Wildman–Crippen LogP) is 3.75. The number of para-hydroxylation sites is 1. The molecule has 144 valence electrons. The first-order chi connectivity index (χ1) is 13.5. The van der Waals surface area contributed by atoms with Crippen LogP contribution in [0.1, 0.15) is 23.0 Å². The molecule has 0 saturated carbocycles. The summed E-state index contributed by atoms with van der Waals surface area (Å²) >= 11 is 0. The van der Waals surface area contributed by atoms with Gasteiger partial charge in [0.2, 0.25) is 0 Å². The average Bonchev–Trinajstić information content (AvgIpc) is 3.10. The predicted molar refractivity (Wildman–Crippen MR) is 113 cm³/mol. The lowest BCUT2D eigenvalue weighted by Gasteiger charge is -2.41. The molecule has 0 spiro atoms. The molecule has 2 heterocycles. The van der Waals surface area contributed by atoms with E-state index < -0.39 is 0 Å². The zero-order valence-electron chi connectivity index (χ0n) is 16.7. The minimum atomic E-state index is 0.00900. The molecule has 1 aromatic heterocycles. The van der Waals surface area contributed by atoms with Crippen LogP contribution in [0.4, 0.5) is 5.69 Å². The molecule has 28 heavy (non-hydrogen) atoms. The lowest BCUT2D eigenvalue weighted by Crippen LogP contribution is -2.54. The monoisotopic (exact) mass is 374 g/mol. The third-order valence-electron chi connectivity index (χ3n) is 5.51. The van der Waals surface area contributed by atoms with Crippen molar-refractivity contribution in [3.63, 3.8) is 0 Å². The fraction of sp³-hybridized carbons (Fsp3) is 0.304. The van der Waals surface area contributed by atoms with Gasteiger partial charge in [-0.1, -0.05) is 48.5 Å². The van der Waals surface area contributed by atoms with Crippen LogP contribution in [0, 0.1) is 6.92 Å². The van der Waals surface area contributed by atoms with Gasteiger partial charge < -0.3 is 9.80 Å². The van der Waals surface area contributed by atoms with Crippen LogP contribution in [-0.2, 0) is 7.05 Å². The maximum Gasteiger partial charge on any atom is 0.274 e. The second kappa shape index (κ2) is 7.50. The molecule has 0 aliphatic carbocycles. The van der Waals surface area contributed by atoms with E-state index in [2.05, 4.69) is 48.1 Å². The molecule has 5 heteroatoms. The van der Waals surface area contributed by atoms with E-state index in [-0.39, 0.29) is 11.9 Å². The van der Waals surface area contributed by atoms with Crippen molar-refractivity contribution in [1.29, 1.82) is 0 Å². The third-order valence-corrected chi connectivity index (χ3v) is 5.51. The van der Waals surface area contributed by atoms with Crippen LogP contribution < -0.4 is 4.90 Å². The number of nitrogens with zero attached hydrogens (tertiary/aromatic N) is 4. The molecule has 1 fully saturated rings. The molecule has 1 atom stereocenters. The third kappa shape index (κ3) is 3.40. The van der Waals surface area contributed by atoms with Gasteiger partial charge >= 0.3 is 0 Å². The van der Waals surface area contributed by atoms with E-state index in [0.29, 0.717) is 12.2 Å². The Morgan fingerprint density at radius 3 is 2.46 bits per heavy atom. The van der Waals surface area contributed by atoms with Gasteiger partial charge in [-0.3, -0.25) is 9.48 Å². The van der Waals surface area contributed by atoms with Gasteiger partial charge in [0.25, 0.3) is 5.91 Å². The van der Waals surface area contributed by atoms with Crippen LogP contribution in [-0.4, -0.2) is 46.3 Å². The van der Waals surface area contributed by atoms with Gasteiger partial charge in [0.1, 0.15) is 0 Å². The molecule has 3 aromatic rings. The fourth-order valence-electron chi connectivity index (χ4n) is 3.99. The van der Waals surface area contributed by atoms with Crippen molar-refractivity contribution in [2.24, 2.45) is 7.05 Å². The van der Waals surface area contributed by atoms with Gasteiger partial charge in [0, 0.05) is 38.4 Å². The normalized spacial score (nSPS) is 17.0. The van der Waals surface area contributed by atoms with E-state index in [0.717, 1.165) is 24.3 Å². The van der Waals surface area contributed by atoms with Crippen molar-refractivity contribution in [3.8, 4) is 11.3 Å². The van der Waals surface area contributed by atoms with Crippen molar-refractivity contribution in [1.82, 2.24) is 14.7 Å². The number of carbonyl (C=O) groups is 1. The number of amides is 1. The number of hydrogen-bond acceptors (Lipinski definition) is 3. The summed E-state index contributed by atoms with van der Waals surface area (Å²) in [5.41, 5.74) is 5.05. The summed E-state index contributed by atoms with van der Waals surface area (Å²) in [7, 11) is 1.89. The number of piperazine rings is 1. The highest BCUT2D eigenvalue weighted by molar-refractivity contribution is 5.94. The molecule has 1 unspecified atom stereocenters. The molecular weight excluding hydrogens is 348 g/mol. The van der Waals surface area contributed by atoms with Gasteiger partial charge in [-0.2, -0.15) is 5.10 Å². The summed E-state index contributed by atoms with van der Waals surface area (Å²) in [5.74, 6) is 0.00900. The zero-order valence-corrected chi connectivity index (χ0v) is 16.7. The molecule has 1 aliphatic heterocycles. The van der Waals surface area contributed by atoms with Crippen molar-refractivity contribution in [2.45, 2.75) is 19.9 Å². The van der Waals surface area contributed by atoms with E-state index in [1.165, 1.54) is 11.3 Å². The lowest BCUT2D eigenvalue weighted by molar-refractivity contribution is 0.0667. The van der Waals surface area contributed by atoms with Crippen LogP contribution in [0.25, 0.3) is 11.3 Å². The average molecular weight is 374 g/mol. The van der Waals surface area contributed by atoms with Crippen molar-refractivity contribution in [3.05, 3.63) is 71.9 Å². The Morgan fingerprint density at radius 1 is 1.04 bits per heavy atom. The smallest absolute Gasteiger partial charge is 0.274 e. The van der Waals surface area contributed by atoms with Crippen molar-refractivity contribution in [2.75, 3.05) is 24.5 Å². The van der Waals surface area contributed by atoms with Crippen molar-refractivity contribution < 1.29 is 4.79 Å². The molecule has 1 amide bonds.